The van der Waals surface area contributed by atoms with E-state index in [2.05, 4.69) is 4.99 Å². The summed E-state index contributed by atoms with van der Waals surface area (Å²) in [6.07, 6.45) is -0.0771. The topological polar surface area (TPSA) is 70.9 Å². The smallest absolute Gasteiger partial charge is 0.377 e. The van der Waals surface area contributed by atoms with Crippen molar-refractivity contribution in [2.75, 3.05) is 6.61 Å². The Morgan fingerprint density at radius 2 is 1.97 bits per heavy atom. The highest BCUT2D eigenvalue weighted by Crippen LogP contribution is 2.30. The molecule has 1 aliphatic heterocycles. The van der Waals surface area contributed by atoms with Gasteiger partial charge in [-0.3, -0.25) is 15.0 Å². The van der Waals surface area contributed by atoms with Crippen molar-refractivity contribution >= 4 is 17.8 Å². The lowest BCUT2D eigenvalue weighted by Gasteiger charge is -2.19. The van der Waals surface area contributed by atoms with Crippen molar-refractivity contribution < 1.29 is 27.9 Å². The number of aliphatic imine (C=N–C) groups is 1. The molecule has 0 bridgehead atoms. The number of hydroxylamine groups is 1. The highest BCUT2D eigenvalue weighted by Gasteiger charge is 2.29. The fourth-order valence-electron chi connectivity index (χ4n) is 3.21. The SMILES string of the molecule is O=C(NO)c1ccc2c(c1)CC(CCCOCc1ccc(C(F)(F)F)cc1)C=N2. The molecule has 29 heavy (non-hydrogen) atoms. The second-order valence-electron chi connectivity index (χ2n) is 6.92. The fraction of sp³-hybridized carbons (Fsp3) is 0.333. The number of alkyl halides is 3. The van der Waals surface area contributed by atoms with Crippen LogP contribution in [0.3, 0.4) is 0 Å². The van der Waals surface area contributed by atoms with Crippen LogP contribution in [-0.4, -0.2) is 23.9 Å². The molecule has 8 heteroatoms. The monoisotopic (exact) mass is 406 g/mol. The van der Waals surface area contributed by atoms with E-state index in [-0.39, 0.29) is 12.5 Å². The highest BCUT2D eigenvalue weighted by atomic mass is 19.4. The maximum absolute atomic E-state index is 12.5. The number of ether oxygens (including phenoxy) is 1. The van der Waals surface area contributed by atoms with Crippen LogP contribution in [0.4, 0.5) is 18.9 Å². The minimum atomic E-state index is -4.33. The van der Waals surface area contributed by atoms with Gasteiger partial charge in [0.2, 0.25) is 0 Å². The molecule has 0 radical (unpaired) electrons. The van der Waals surface area contributed by atoms with E-state index in [1.165, 1.54) is 12.1 Å². The second-order valence-corrected chi connectivity index (χ2v) is 6.92. The Bertz CT molecular complexity index is 880. The average Bonchev–Trinajstić information content (AvgIpc) is 2.72. The average molecular weight is 406 g/mol. The van der Waals surface area contributed by atoms with Crippen LogP contribution < -0.4 is 5.48 Å². The number of benzene rings is 2. The molecule has 0 aromatic heterocycles. The lowest BCUT2D eigenvalue weighted by atomic mass is 9.91. The summed E-state index contributed by atoms with van der Waals surface area (Å²) in [6.45, 7) is 0.754. The van der Waals surface area contributed by atoms with Crippen LogP contribution in [0.5, 0.6) is 0 Å². The van der Waals surface area contributed by atoms with Gasteiger partial charge in [-0.2, -0.15) is 13.2 Å². The third-order valence-corrected chi connectivity index (χ3v) is 4.76. The zero-order chi connectivity index (χ0) is 20.9. The number of halogens is 3. The summed E-state index contributed by atoms with van der Waals surface area (Å²) in [7, 11) is 0. The maximum atomic E-state index is 12.5. The highest BCUT2D eigenvalue weighted by molar-refractivity contribution is 5.94. The molecule has 0 aliphatic carbocycles. The number of amides is 1. The summed E-state index contributed by atoms with van der Waals surface area (Å²) in [5, 5.41) is 8.75. The number of rotatable bonds is 7. The molecular formula is C21H21F3N2O3. The van der Waals surface area contributed by atoms with E-state index in [4.69, 9.17) is 9.94 Å². The Kier molecular flexibility index (Phi) is 6.66. The minimum Gasteiger partial charge on any atom is -0.377 e. The van der Waals surface area contributed by atoms with Crippen molar-refractivity contribution in [1.82, 2.24) is 5.48 Å². The van der Waals surface area contributed by atoms with Crippen LogP contribution in [0.1, 0.15) is 39.9 Å². The second kappa shape index (κ2) is 9.19. The quantitative estimate of drug-likeness (QED) is 0.398. The van der Waals surface area contributed by atoms with Crippen molar-refractivity contribution in [2.45, 2.75) is 32.0 Å². The molecule has 154 valence electrons. The molecule has 2 N–H and O–H groups in total. The first kappa shape index (κ1) is 21.0. The summed E-state index contributed by atoms with van der Waals surface area (Å²) in [4.78, 5) is 16.0. The summed E-state index contributed by atoms with van der Waals surface area (Å²) in [5.74, 6) is -0.347. The first-order valence-corrected chi connectivity index (χ1v) is 9.22. The number of hydrogen-bond donors (Lipinski definition) is 2. The summed E-state index contributed by atoms with van der Waals surface area (Å²) in [6, 6.07) is 10.0. The fourth-order valence-corrected chi connectivity index (χ4v) is 3.21. The van der Waals surface area contributed by atoms with Gasteiger partial charge in [0.15, 0.2) is 0 Å². The van der Waals surface area contributed by atoms with Crippen LogP contribution >= 0.6 is 0 Å². The number of carbonyl (C=O) groups excluding carboxylic acids is 1. The normalized spacial score (nSPS) is 15.8. The van der Waals surface area contributed by atoms with Gasteiger partial charge in [0, 0.05) is 18.4 Å². The molecule has 1 heterocycles. The lowest BCUT2D eigenvalue weighted by molar-refractivity contribution is -0.137. The Hall–Kier alpha value is -2.71. The van der Waals surface area contributed by atoms with E-state index in [9.17, 15) is 18.0 Å². The molecule has 5 nitrogen and oxygen atoms in total. The van der Waals surface area contributed by atoms with Crippen molar-refractivity contribution in [3.8, 4) is 0 Å². The Labute approximate surface area is 166 Å². The van der Waals surface area contributed by atoms with E-state index in [1.807, 2.05) is 6.21 Å². The molecule has 2 aromatic rings. The molecule has 3 rings (SSSR count). The molecular weight excluding hydrogens is 385 g/mol. The van der Waals surface area contributed by atoms with Crippen LogP contribution in [0, 0.1) is 5.92 Å². The molecule has 1 unspecified atom stereocenters. The summed E-state index contributed by atoms with van der Waals surface area (Å²) < 4.78 is 43.2. The van der Waals surface area contributed by atoms with Gasteiger partial charge in [-0.15, -0.1) is 0 Å². The van der Waals surface area contributed by atoms with E-state index < -0.39 is 17.6 Å². The van der Waals surface area contributed by atoms with Gasteiger partial charge in [0.1, 0.15) is 0 Å². The first-order chi connectivity index (χ1) is 13.9. The van der Waals surface area contributed by atoms with E-state index >= 15 is 0 Å². The first-order valence-electron chi connectivity index (χ1n) is 9.22. The molecule has 1 aliphatic rings. The molecule has 0 spiro atoms. The van der Waals surface area contributed by atoms with Crippen LogP contribution in [0.15, 0.2) is 47.5 Å². The largest absolute Gasteiger partial charge is 0.416 e. The number of nitrogens with zero attached hydrogens (tertiary/aromatic N) is 1. The zero-order valence-corrected chi connectivity index (χ0v) is 15.6. The summed E-state index contributed by atoms with van der Waals surface area (Å²) >= 11 is 0. The van der Waals surface area contributed by atoms with E-state index in [0.29, 0.717) is 17.7 Å². The van der Waals surface area contributed by atoms with E-state index in [0.717, 1.165) is 42.6 Å². The van der Waals surface area contributed by atoms with Gasteiger partial charge in [0.05, 0.1) is 17.9 Å². The molecule has 1 atom stereocenters. The third kappa shape index (κ3) is 5.65. The predicted molar refractivity (Wildman–Crippen MR) is 101 cm³/mol. The van der Waals surface area contributed by atoms with Gasteiger partial charge in [-0.25, -0.2) is 5.48 Å². The maximum Gasteiger partial charge on any atom is 0.416 e. The molecule has 2 aromatic carbocycles. The van der Waals surface area contributed by atoms with Crippen LogP contribution in [0.2, 0.25) is 0 Å². The molecule has 0 fully saturated rings. The molecule has 1 amide bonds. The van der Waals surface area contributed by atoms with Gasteiger partial charge in [0.25, 0.3) is 5.91 Å². The number of nitrogens with one attached hydrogen (secondary N) is 1. The van der Waals surface area contributed by atoms with Crippen LogP contribution in [-0.2, 0) is 23.9 Å². The van der Waals surface area contributed by atoms with Crippen molar-refractivity contribution in [1.29, 1.82) is 0 Å². The lowest BCUT2D eigenvalue weighted by Crippen LogP contribution is -2.19. The number of fused-ring (bicyclic) bond motifs is 1. The van der Waals surface area contributed by atoms with E-state index in [1.54, 1.807) is 23.7 Å². The van der Waals surface area contributed by atoms with Crippen molar-refractivity contribution in [3.63, 3.8) is 0 Å². The Morgan fingerprint density at radius 1 is 1.21 bits per heavy atom. The molecule has 0 saturated carbocycles. The minimum absolute atomic E-state index is 0.213. The Balaban J connectivity index is 1.42. The van der Waals surface area contributed by atoms with Crippen molar-refractivity contribution in [3.05, 3.63) is 64.7 Å². The van der Waals surface area contributed by atoms with Crippen LogP contribution in [0.25, 0.3) is 0 Å². The summed E-state index contributed by atoms with van der Waals surface area (Å²) in [5.41, 5.74) is 3.79. The third-order valence-electron chi connectivity index (χ3n) is 4.76. The van der Waals surface area contributed by atoms with Gasteiger partial charge < -0.3 is 4.74 Å². The van der Waals surface area contributed by atoms with Crippen molar-refractivity contribution in [2.24, 2.45) is 10.9 Å². The standard InChI is InChI=1S/C21H21F3N2O3/c22-21(23,24)18-6-3-14(4-7-18)13-29-9-1-2-15-10-17-11-16(20(27)26-28)5-8-19(17)25-12-15/h3-8,11-12,15,28H,1-2,9-10,13H2,(H,26,27). The molecule has 0 saturated heterocycles. The number of carbonyl (C=O) groups is 1. The Morgan fingerprint density at radius 3 is 2.66 bits per heavy atom. The van der Waals surface area contributed by atoms with Gasteiger partial charge in [-0.05, 0) is 66.6 Å². The van der Waals surface area contributed by atoms with Gasteiger partial charge >= 0.3 is 6.18 Å². The predicted octanol–water partition coefficient (Wildman–Crippen LogP) is 4.70. The van der Waals surface area contributed by atoms with Gasteiger partial charge in [-0.1, -0.05) is 12.1 Å². The zero-order valence-electron chi connectivity index (χ0n) is 15.6. The number of hydrogen-bond acceptors (Lipinski definition) is 4.